The summed E-state index contributed by atoms with van der Waals surface area (Å²) in [6.45, 7) is 4.48. The SMILES string of the molecule is CCn1ncc2c(C(=O)NC[C@@H](C)O)cc(-c3ccccc3)nc21. The normalized spacial score (nSPS) is 12.3. The van der Waals surface area contributed by atoms with Crippen molar-refractivity contribution in [2.75, 3.05) is 6.54 Å². The molecule has 0 bridgehead atoms. The lowest BCUT2D eigenvalue weighted by atomic mass is 10.1. The molecule has 0 spiro atoms. The molecule has 0 unspecified atom stereocenters. The average Bonchev–Trinajstić information content (AvgIpc) is 3.02. The van der Waals surface area contributed by atoms with Crippen molar-refractivity contribution in [2.45, 2.75) is 26.5 Å². The summed E-state index contributed by atoms with van der Waals surface area (Å²) in [5.41, 5.74) is 2.86. The number of benzene rings is 1. The number of carbonyl (C=O) groups is 1. The molecule has 1 atom stereocenters. The molecule has 0 saturated heterocycles. The van der Waals surface area contributed by atoms with Gasteiger partial charge in [-0.05, 0) is 19.9 Å². The molecule has 3 aromatic rings. The predicted octanol–water partition coefficient (Wildman–Crippen LogP) is 2.23. The van der Waals surface area contributed by atoms with E-state index < -0.39 is 6.10 Å². The number of nitrogens with one attached hydrogen (secondary N) is 1. The van der Waals surface area contributed by atoms with E-state index in [-0.39, 0.29) is 12.5 Å². The van der Waals surface area contributed by atoms with E-state index in [9.17, 15) is 9.90 Å². The Morgan fingerprint density at radius 2 is 2.08 bits per heavy atom. The highest BCUT2D eigenvalue weighted by Gasteiger charge is 2.17. The molecule has 0 aliphatic heterocycles. The van der Waals surface area contributed by atoms with Gasteiger partial charge in [-0.2, -0.15) is 5.10 Å². The Labute approximate surface area is 140 Å². The highest BCUT2D eigenvalue weighted by Crippen LogP contribution is 2.24. The summed E-state index contributed by atoms with van der Waals surface area (Å²) in [7, 11) is 0. The molecule has 6 nitrogen and oxygen atoms in total. The molecule has 6 heteroatoms. The third kappa shape index (κ3) is 3.14. The van der Waals surface area contributed by atoms with E-state index in [1.165, 1.54) is 0 Å². The van der Waals surface area contributed by atoms with Crippen LogP contribution in [-0.4, -0.2) is 38.4 Å². The number of aromatic nitrogens is 3. The second-order valence-electron chi connectivity index (χ2n) is 5.68. The Bertz CT molecular complexity index is 856. The monoisotopic (exact) mass is 324 g/mol. The highest BCUT2D eigenvalue weighted by atomic mass is 16.3. The van der Waals surface area contributed by atoms with Crippen molar-refractivity contribution in [1.82, 2.24) is 20.1 Å². The minimum atomic E-state index is -0.599. The molecular formula is C18H20N4O2. The van der Waals surface area contributed by atoms with E-state index in [4.69, 9.17) is 0 Å². The van der Waals surface area contributed by atoms with Gasteiger partial charge in [0.05, 0.1) is 28.9 Å². The van der Waals surface area contributed by atoms with E-state index in [1.54, 1.807) is 23.9 Å². The number of aryl methyl sites for hydroxylation is 1. The summed E-state index contributed by atoms with van der Waals surface area (Å²) in [6, 6.07) is 11.5. The fourth-order valence-corrected chi connectivity index (χ4v) is 2.56. The summed E-state index contributed by atoms with van der Waals surface area (Å²) >= 11 is 0. The van der Waals surface area contributed by atoms with Crippen LogP contribution >= 0.6 is 0 Å². The van der Waals surface area contributed by atoms with Crippen molar-refractivity contribution in [3.8, 4) is 11.3 Å². The van der Waals surface area contributed by atoms with Gasteiger partial charge in [0.1, 0.15) is 0 Å². The number of hydrogen-bond donors (Lipinski definition) is 2. The smallest absolute Gasteiger partial charge is 0.252 e. The first-order chi connectivity index (χ1) is 11.6. The van der Waals surface area contributed by atoms with E-state index in [0.29, 0.717) is 23.1 Å². The van der Waals surface area contributed by atoms with E-state index in [2.05, 4.69) is 15.4 Å². The molecule has 124 valence electrons. The second-order valence-corrected chi connectivity index (χ2v) is 5.68. The topological polar surface area (TPSA) is 80.0 Å². The lowest BCUT2D eigenvalue weighted by molar-refractivity contribution is 0.0925. The Morgan fingerprint density at radius 1 is 1.33 bits per heavy atom. The van der Waals surface area contributed by atoms with Gasteiger partial charge in [0, 0.05) is 18.7 Å². The molecule has 2 aromatic heterocycles. The van der Waals surface area contributed by atoms with Crippen LogP contribution in [0.3, 0.4) is 0 Å². The van der Waals surface area contributed by atoms with Gasteiger partial charge in [0.25, 0.3) is 5.91 Å². The van der Waals surface area contributed by atoms with Crippen LogP contribution in [-0.2, 0) is 6.54 Å². The number of aliphatic hydroxyl groups is 1. The minimum Gasteiger partial charge on any atom is -0.392 e. The van der Waals surface area contributed by atoms with Crippen molar-refractivity contribution in [3.05, 3.63) is 48.2 Å². The molecule has 0 aliphatic carbocycles. The highest BCUT2D eigenvalue weighted by molar-refractivity contribution is 6.06. The molecule has 0 saturated carbocycles. The van der Waals surface area contributed by atoms with Crippen LogP contribution in [0.25, 0.3) is 22.3 Å². The fourth-order valence-electron chi connectivity index (χ4n) is 2.56. The molecule has 3 rings (SSSR count). The van der Waals surface area contributed by atoms with Gasteiger partial charge in [-0.1, -0.05) is 30.3 Å². The van der Waals surface area contributed by atoms with Crippen LogP contribution in [0, 0.1) is 0 Å². The van der Waals surface area contributed by atoms with Crippen molar-refractivity contribution in [1.29, 1.82) is 0 Å². The largest absolute Gasteiger partial charge is 0.392 e. The van der Waals surface area contributed by atoms with Crippen LogP contribution in [0.2, 0.25) is 0 Å². The van der Waals surface area contributed by atoms with Gasteiger partial charge < -0.3 is 10.4 Å². The molecular weight excluding hydrogens is 304 g/mol. The van der Waals surface area contributed by atoms with Crippen LogP contribution in [0.15, 0.2) is 42.6 Å². The van der Waals surface area contributed by atoms with E-state index in [0.717, 1.165) is 11.3 Å². The second kappa shape index (κ2) is 6.80. The lowest BCUT2D eigenvalue weighted by Gasteiger charge is -2.10. The number of hydrogen-bond acceptors (Lipinski definition) is 4. The molecule has 24 heavy (non-hydrogen) atoms. The first-order valence-corrected chi connectivity index (χ1v) is 7.98. The fraction of sp³-hybridized carbons (Fsp3) is 0.278. The zero-order valence-electron chi connectivity index (χ0n) is 13.7. The van der Waals surface area contributed by atoms with Gasteiger partial charge in [-0.3, -0.25) is 4.79 Å². The number of rotatable bonds is 5. The van der Waals surface area contributed by atoms with Crippen LogP contribution in [0.1, 0.15) is 24.2 Å². The third-order valence-electron chi connectivity index (χ3n) is 3.78. The van der Waals surface area contributed by atoms with Gasteiger partial charge in [0.2, 0.25) is 0 Å². The molecule has 0 fully saturated rings. The van der Waals surface area contributed by atoms with Gasteiger partial charge in [-0.15, -0.1) is 0 Å². The summed E-state index contributed by atoms with van der Waals surface area (Å²) in [5.74, 6) is -0.240. The maximum atomic E-state index is 12.6. The maximum Gasteiger partial charge on any atom is 0.252 e. The number of amides is 1. The number of pyridine rings is 1. The Hall–Kier alpha value is -2.73. The average molecular weight is 324 g/mol. The number of carbonyl (C=O) groups excluding carboxylic acids is 1. The summed E-state index contributed by atoms with van der Waals surface area (Å²) in [5, 5.41) is 17.2. The zero-order chi connectivity index (χ0) is 17.1. The minimum absolute atomic E-state index is 0.200. The maximum absolute atomic E-state index is 12.6. The molecule has 0 radical (unpaired) electrons. The summed E-state index contributed by atoms with van der Waals surface area (Å²) in [6.07, 6.45) is 1.07. The quantitative estimate of drug-likeness (QED) is 0.754. The summed E-state index contributed by atoms with van der Waals surface area (Å²) < 4.78 is 1.77. The zero-order valence-corrected chi connectivity index (χ0v) is 13.7. The van der Waals surface area contributed by atoms with Crippen molar-refractivity contribution >= 4 is 16.9 Å². The van der Waals surface area contributed by atoms with Crippen LogP contribution in [0.5, 0.6) is 0 Å². The van der Waals surface area contributed by atoms with E-state index in [1.807, 2.05) is 37.3 Å². The lowest BCUT2D eigenvalue weighted by Crippen LogP contribution is -2.30. The molecule has 2 N–H and O–H groups in total. The van der Waals surface area contributed by atoms with Crippen LogP contribution < -0.4 is 5.32 Å². The molecule has 1 aromatic carbocycles. The third-order valence-corrected chi connectivity index (χ3v) is 3.78. The molecule has 2 heterocycles. The standard InChI is InChI=1S/C18H20N4O2/c1-3-22-17-15(11-20-22)14(18(24)19-10-12(2)23)9-16(21-17)13-7-5-4-6-8-13/h4-9,11-12,23H,3,10H2,1-2H3,(H,19,24)/t12-/m1/s1. The number of nitrogens with zero attached hydrogens (tertiary/aromatic N) is 3. The Morgan fingerprint density at radius 3 is 2.75 bits per heavy atom. The van der Waals surface area contributed by atoms with Crippen molar-refractivity contribution < 1.29 is 9.90 Å². The Kier molecular flexibility index (Phi) is 4.57. The first kappa shape index (κ1) is 16.1. The van der Waals surface area contributed by atoms with Crippen molar-refractivity contribution in [3.63, 3.8) is 0 Å². The van der Waals surface area contributed by atoms with E-state index >= 15 is 0 Å². The predicted molar refractivity (Wildman–Crippen MR) is 92.7 cm³/mol. The summed E-state index contributed by atoms with van der Waals surface area (Å²) in [4.78, 5) is 17.2. The van der Waals surface area contributed by atoms with Gasteiger partial charge in [0.15, 0.2) is 5.65 Å². The first-order valence-electron chi connectivity index (χ1n) is 7.98. The number of aliphatic hydroxyl groups excluding tert-OH is 1. The van der Waals surface area contributed by atoms with Gasteiger partial charge >= 0.3 is 0 Å². The van der Waals surface area contributed by atoms with Crippen molar-refractivity contribution in [2.24, 2.45) is 0 Å². The van der Waals surface area contributed by atoms with Crippen LogP contribution in [0.4, 0.5) is 0 Å². The molecule has 1 amide bonds. The van der Waals surface area contributed by atoms with Gasteiger partial charge in [-0.25, -0.2) is 9.67 Å². The number of fused-ring (bicyclic) bond motifs is 1. The Balaban J connectivity index is 2.12. The molecule has 0 aliphatic rings.